The van der Waals surface area contributed by atoms with E-state index in [-0.39, 0.29) is 0 Å². The van der Waals surface area contributed by atoms with Gasteiger partial charge in [-0.2, -0.15) is 0 Å². The number of aliphatic imine (C=N–C) groups is 1. The van der Waals surface area contributed by atoms with Crippen LogP contribution in [0, 0.1) is 11.6 Å². The van der Waals surface area contributed by atoms with Crippen LogP contribution in [0.4, 0.5) is 8.78 Å². The highest BCUT2D eigenvalue weighted by molar-refractivity contribution is 6.13. The van der Waals surface area contributed by atoms with Gasteiger partial charge in [0.2, 0.25) is 0 Å². The van der Waals surface area contributed by atoms with Crippen molar-refractivity contribution in [2.75, 3.05) is 0 Å². The number of halogens is 2. The number of hydrogen-bond donors (Lipinski definition) is 0. The molecule has 0 bridgehead atoms. The van der Waals surface area contributed by atoms with Crippen LogP contribution in [0.25, 0.3) is 6.08 Å². The van der Waals surface area contributed by atoms with E-state index < -0.39 is 11.6 Å². The summed E-state index contributed by atoms with van der Waals surface area (Å²) in [5.74, 6) is -1.07. The quantitative estimate of drug-likeness (QED) is 0.617. The van der Waals surface area contributed by atoms with Gasteiger partial charge in [0.25, 0.3) is 0 Å². The number of aryl methyl sites for hydroxylation is 2. The lowest BCUT2D eigenvalue weighted by Gasteiger charge is -2.06. The normalized spacial score (nSPS) is 13.0. The van der Waals surface area contributed by atoms with E-state index in [9.17, 15) is 8.78 Å². The van der Waals surface area contributed by atoms with Gasteiger partial charge in [0.05, 0.1) is 18.0 Å². The number of benzene rings is 2. The Morgan fingerprint density at radius 1 is 0.852 bits per heavy atom. The standard InChI is InChI=1S/C23H18F2N2/c24-19-11-17(12-20(25)14-19)5-4-16-6-7-18-15-27-23(22(18)13-16)9-8-21-3-1-2-10-26-21/h1-3,6-14H,4-5,15H2/b9-8+. The number of nitrogens with zero attached hydrogens (tertiary/aromatic N) is 2. The first-order valence-corrected chi connectivity index (χ1v) is 8.88. The molecular weight excluding hydrogens is 342 g/mol. The summed E-state index contributed by atoms with van der Waals surface area (Å²) in [5.41, 5.74) is 5.92. The van der Waals surface area contributed by atoms with Gasteiger partial charge in [0.1, 0.15) is 11.6 Å². The molecule has 0 amide bonds. The number of allylic oxidation sites excluding steroid dienone is 1. The summed E-state index contributed by atoms with van der Waals surface area (Å²) in [6.45, 7) is 0.673. The lowest BCUT2D eigenvalue weighted by Crippen LogP contribution is -1.99. The molecular formula is C23H18F2N2. The Kier molecular flexibility index (Phi) is 4.88. The predicted octanol–water partition coefficient (Wildman–Crippen LogP) is 5.16. The Bertz CT molecular complexity index is 1000. The topological polar surface area (TPSA) is 25.2 Å². The van der Waals surface area contributed by atoms with Gasteiger partial charge >= 0.3 is 0 Å². The van der Waals surface area contributed by atoms with E-state index in [4.69, 9.17) is 0 Å². The third-order valence-corrected chi connectivity index (χ3v) is 4.59. The first-order valence-electron chi connectivity index (χ1n) is 8.88. The van der Waals surface area contributed by atoms with Gasteiger partial charge in [-0.15, -0.1) is 0 Å². The maximum Gasteiger partial charge on any atom is 0.126 e. The number of hydrogen-bond acceptors (Lipinski definition) is 2. The van der Waals surface area contributed by atoms with Crippen LogP contribution in [0.1, 0.15) is 27.9 Å². The average molecular weight is 360 g/mol. The van der Waals surface area contributed by atoms with Gasteiger partial charge in [0.15, 0.2) is 0 Å². The van der Waals surface area contributed by atoms with E-state index in [1.165, 1.54) is 17.7 Å². The maximum absolute atomic E-state index is 13.3. The third kappa shape index (κ3) is 4.17. The van der Waals surface area contributed by atoms with Gasteiger partial charge in [-0.1, -0.05) is 18.2 Å². The van der Waals surface area contributed by atoms with Crippen molar-refractivity contribution in [2.24, 2.45) is 4.99 Å². The van der Waals surface area contributed by atoms with Crippen molar-refractivity contribution >= 4 is 11.8 Å². The van der Waals surface area contributed by atoms with Crippen LogP contribution < -0.4 is 0 Å². The largest absolute Gasteiger partial charge is 0.280 e. The fraction of sp³-hybridized carbons (Fsp3) is 0.130. The van der Waals surface area contributed by atoms with Crippen molar-refractivity contribution in [1.29, 1.82) is 0 Å². The Balaban J connectivity index is 1.50. The van der Waals surface area contributed by atoms with Gasteiger partial charge in [-0.25, -0.2) is 8.78 Å². The minimum Gasteiger partial charge on any atom is -0.280 e. The van der Waals surface area contributed by atoms with Crippen molar-refractivity contribution in [1.82, 2.24) is 4.98 Å². The van der Waals surface area contributed by atoms with Gasteiger partial charge in [-0.05, 0) is 72.0 Å². The Morgan fingerprint density at radius 3 is 2.44 bits per heavy atom. The Morgan fingerprint density at radius 2 is 1.67 bits per heavy atom. The van der Waals surface area contributed by atoms with Crippen LogP contribution in [-0.2, 0) is 19.4 Å². The Labute approximate surface area is 156 Å². The highest BCUT2D eigenvalue weighted by Gasteiger charge is 2.14. The van der Waals surface area contributed by atoms with E-state index in [0.29, 0.717) is 24.9 Å². The van der Waals surface area contributed by atoms with E-state index in [2.05, 4.69) is 28.2 Å². The molecule has 0 N–H and O–H groups in total. The molecule has 0 spiro atoms. The van der Waals surface area contributed by atoms with Crippen LogP contribution in [0.3, 0.4) is 0 Å². The van der Waals surface area contributed by atoms with Crippen LogP contribution in [-0.4, -0.2) is 10.7 Å². The second-order valence-electron chi connectivity index (χ2n) is 6.56. The molecule has 3 aromatic rings. The summed E-state index contributed by atoms with van der Waals surface area (Å²) < 4.78 is 26.7. The van der Waals surface area contributed by atoms with E-state index in [1.807, 2.05) is 30.4 Å². The average Bonchev–Trinajstić information content (AvgIpc) is 3.07. The van der Waals surface area contributed by atoms with Crippen molar-refractivity contribution < 1.29 is 8.78 Å². The number of aromatic nitrogens is 1. The summed E-state index contributed by atoms with van der Waals surface area (Å²) >= 11 is 0. The third-order valence-electron chi connectivity index (χ3n) is 4.59. The van der Waals surface area contributed by atoms with Crippen LogP contribution >= 0.6 is 0 Å². The highest BCUT2D eigenvalue weighted by Crippen LogP contribution is 2.22. The van der Waals surface area contributed by atoms with Gasteiger partial charge in [-0.3, -0.25) is 9.98 Å². The molecule has 2 aromatic carbocycles. The molecule has 2 nitrogen and oxygen atoms in total. The molecule has 0 unspecified atom stereocenters. The highest BCUT2D eigenvalue weighted by atomic mass is 19.1. The molecule has 0 atom stereocenters. The summed E-state index contributed by atoms with van der Waals surface area (Å²) in [7, 11) is 0. The van der Waals surface area contributed by atoms with E-state index >= 15 is 0 Å². The van der Waals surface area contributed by atoms with Crippen molar-refractivity contribution in [3.63, 3.8) is 0 Å². The first kappa shape index (κ1) is 17.3. The molecule has 0 fully saturated rings. The van der Waals surface area contributed by atoms with Crippen molar-refractivity contribution in [3.8, 4) is 0 Å². The fourth-order valence-corrected chi connectivity index (χ4v) is 3.24. The number of rotatable bonds is 5. The predicted molar refractivity (Wildman–Crippen MR) is 104 cm³/mol. The van der Waals surface area contributed by atoms with Crippen LogP contribution in [0.5, 0.6) is 0 Å². The van der Waals surface area contributed by atoms with Crippen molar-refractivity contribution in [2.45, 2.75) is 19.4 Å². The Hall–Kier alpha value is -3.14. The van der Waals surface area contributed by atoms with Gasteiger partial charge < -0.3 is 0 Å². The second-order valence-corrected chi connectivity index (χ2v) is 6.56. The molecule has 0 saturated carbocycles. The molecule has 27 heavy (non-hydrogen) atoms. The minimum atomic E-state index is -0.534. The minimum absolute atomic E-state index is 0.534. The molecule has 4 rings (SSSR count). The molecule has 0 radical (unpaired) electrons. The molecule has 4 heteroatoms. The molecule has 0 saturated heterocycles. The van der Waals surface area contributed by atoms with E-state index in [1.54, 1.807) is 6.20 Å². The molecule has 0 aliphatic carbocycles. The molecule has 134 valence electrons. The lowest BCUT2D eigenvalue weighted by atomic mass is 9.98. The summed E-state index contributed by atoms with van der Waals surface area (Å²) in [4.78, 5) is 8.89. The summed E-state index contributed by atoms with van der Waals surface area (Å²) in [6, 6.07) is 15.7. The lowest BCUT2D eigenvalue weighted by molar-refractivity contribution is 0.579. The molecule has 1 aliphatic rings. The summed E-state index contributed by atoms with van der Waals surface area (Å²) in [6.07, 6.45) is 7.00. The second kappa shape index (κ2) is 7.62. The van der Waals surface area contributed by atoms with Crippen LogP contribution in [0.2, 0.25) is 0 Å². The maximum atomic E-state index is 13.3. The fourth-order valence-electron chi connectivity index (χ4n) is 3.24. The molecule has 2 heterocycles. The molecule has 1 aromatic heterocycles. The van der Waals surface area contributed by atoms with Crippen molar-refractivity contribution in [3.05, 3.63) is 106 Å². The smallest absolute Gasteiger partial charge is 0.126 e. The molecule has 1 aliphatic heterocycles. The zero-order valence-electron chi connectivity index (χ0n) is 14.7. The van der Waals surface area contributed by atoms with E-state index in [0.717, 1.165) is 28.6 Å². The SMILES string of the molecule is Fc1cc(F)cc(CCc2ccc3c(c2)C(/C=C/c2ccccn2)=NC3)c1. The summed E-state index contributed by atoms with van der Waals surface area (Å²) in [5, 5.41) is 0. The zero-order valence-corrected chi connectivity index (χ0v) is 14.7. The number of pyridine rings is 1. The first-order chi connectivity index (χ1) is 13.2. The van der Waals surface area contributed by atoms with Gasteiger partial charge in [0, 0.05) is 17.8 Å². The zero-order chi connectivity index (χ0) is 18.6. The van der Waals surface area contributed by atoms with Crippen LogP contribution in [0.15, 0.2) is 71.9 Å². The monoisotopic (exact) mass is 360 g/mol. The number of fused-ring (bicyclic) bond motifs is 1.